The fraction of sp³-hybridized carbons (Fsp3) is 0.148. The van der Waals surface area contributed by atoms with Crippen LogP contribution in [0.1, 0.15) is 11.4 Å². The van der Waals surface area contributed by atoms with Crippen molar-refractivity contribution in [2.75, 3.05) is 23.9 Å². The predicted octanol–water partition coefficient (Wildman–Crippen LogP) is 4.86. The lowest BCUT2D eigenvalue weighted by atomic mass is 10.1. The number of fused-ring (bicyclic) bond motifs is 2. The van der Waals surface area contributed by atoms with Gasteiger partial charge in [-0.25, -0.2) is 0 Å². The molecular weight excluding hydrogens is 426 g/mol. The minimum Gasteiger partial charge on any atom is -0.506 e. The minimum atomic E-state index is 0.174. The van der Waals surface area contributed by atoms with E-state index >= 15 is 0 Å². The van der Waals surface area contributed by atoms with E-state index in [4.69, 9.17) is 4.98 Å². The fourth-order valence-electron chi connectivity index (χ4n) is 4.31. The first kappa shape index (κ1) is 21.5. The summed E-state index contributed by atoms with van der Waals surface area (Å²) in [5.74, 6) is 0.348. The van der Waals surface area contributed by atoms with Gasteiger partial charge in [-0.1, -0.05) is 6.07 Å². The van der Waals surface area contributed by atoms with Gasteiger partial charge in [-0.05, 0) is 60.7 Å². The van der Waals surface area contributed by atoms with E-state index < -0.39 is 0 Å². The summed E-state index contributed by atoms with van der Waals surface area (Å²) >= 11 is 0. The molecule has 3 heterocycles. The number of hydrogen-bond donors (Lipinski definition) is 2. The highest BCUT2D eigenvalue weighted by atomic mass is 16.3. The maximum Gasteiger partial charge on any atom is 0.141 e. The van der Waals surface area contributed by atoms with Crippen molar-refractivity contribution < 1.29 is 10.2 Å². The standard InChI is InChI=1S/C27H25N5O2/c1-31(22-10-12-24(33)26-20(22)8-4-14-28-26)16-18-6-3-7-19(30-18)17-32(2)23-11-13-25(34)27-21(23)9-5-15-29-27/h3-15,33-34H,16-17H2,1-2H3. The molecule has 2 N–H and O–H groups in total. The highest BCUT2D eigenvalue weighted by Crippen LogP contribution is 2.32. The van der Waals surface area contributed by atoms with Gasteiger partial charge in [0.25, 0.3) is 0 Å². The number of aromatic nitrogens is 3. The summed E-state index contributed by atoms with van der Waals surface area (Å²) in [6.45, 7) is 1.22. The van der Waals surface area contributed by atoms with Crippen molar-refractivity contribution >= 4 is 33.2 Å². The number of pyridine rings is 3. The third kappa shape index (κ3) is 4.03. The van der Waals surface area contributed by atoms with Gasteiger partial charge in [0.1, 0.15) is 22.5 Å². The molecule has 0 fully saturated rings. The van der Waals surface area contributed by atoms with Crippen LogP contribution in [-0.4, -0.2) is 39.3 Å². The van der Waals surface area contributed by atoms with Crippen LogP contribution in [0.25, 0.3) is 21.8 Å². The van der Waals surface area contributed by atoms with E-state index in [1.807, 2.05) is 68.7 Å². The maximum absolute atomic E-state index is 10.1. The molecule has 0 aliphatic heterocycles. The quantitative estimate of drug-likeness (QED) is 0.381. The average molecular weight is 452 g/mol. The summed E-state index contributed by atoms with van der Waals surface area (Å²) in [5.41, 5.74) is 5.02. The van der Waals surface area contributed by atoms with Crippen molar-refractivity contribution in [1.82, 2.24) is 15.0 Å². The van der Waals surface area contributed by atoms with Crippen LogP contribution in [-0.2, 0) is 13.1 Å². The Labute approximate surface area is 197 Å². The first-order chi connectivity index (χ1) is 16.5. The third-order valence-corrected chi connectivity index (χ3v) is 5.94. The van der Waals surface area contributed by atoms with E-state index in [0.29, 0.717) is 24.1 Å². The third-order valence-electron chi connectivity index (χ3n) is 5.94. The lowest BCUT2D eigenvalue weighted by Gasteiger charge is -2.23. The van der Waals surface area contributed by atoms with E-state index in [-0.39, 0.29) is 11.5 Å². The second-order valence-electron chi connectivity index (χ2n) is 8.34. The average Bonchev–Trinajstić information content (AvgIpc) is 2.85. The molecule has 5 aromatic rings. The Hall–Kier alpha value is -4.39. The zero-order valence-electron chi connectivity index (χ0n) is 19.1. The van der Waals surface area contributed by atoms with Gasteiger partial charge in [0.2, 0.25) is 0 Å². The van der Waals surface area contributed by atoms with Gasteiger partial charge in [0.15, 0.2) is 0 Å². The molecule has 0 spiro atoms. The molecule has 0 amide bonds. The lowest BCUT2D eigenvalue weighted by Crippen LogP contribution is -2.20. The second-order valence-corrected chi connectivity index (χ2v) is 8.34. The molecule has 7 nitrogen and oxygen atoms in total. The Kier molecular flexibility index (Phi) is 5.59. The van der Waals surface area contributed by atoms with E-state index in [0.717, 1.165) is 33.5 Å². The van der Waals surface area contributed by atoms with Crippen LogP contribution >= 0.6 is 0 Å². The van der Waals surface area contributed by atoms with Crippen molar-refractivity contribution in [3.63, 3.8) is 0 Å². The summed E-state index contributed by atoms with van der Waals surface area (Å²) in [6.07, 6.45) is 3.36. The largest absolute Gasteiger partial charge is 0.506 e. The molecule has 0 unspecified atom stereocenters. The Balaban J connectivity index is 1.38. The molecule has 5 rings (SSSR count). The van der Waals surface area contributed by atoms with Gasteiger partial charge in [-0.2, -0.15) is 0 Å². The molecule has 34 heavy (non-hydrogen) atoms. The molecular formula is C27H25N5O2. The SMILES string of the molecule is CN(Cc1cccc(CN(C)c2ccc(O)c3ncccc23)n1)c1ccc(O)c2ncccc12. The maximum atomic E-state index is 10.1. The van der Waals surface area contributed by atoms with Crippen LogP contribution in [0.4, 0.5) is 11.4 Å². The van der Waals surface area contributed by atoms with Crippen molar-refractivity contribution in [2.24, 2.45) is 0 Å². The number of rotatable bonds is 6. The summed E-state index contributed by atoms with van der Waals surface area (Å²) in [4.78, 5) is 17.7. The van der Waals surface area contributed by atoms with Crippen molar-refractivity contribution in [3.8, 4) is 11.5 Å². The fourth-order valence-corrected chi connectivity index (χ4v) is 4.31. The predicted molar refractivity (Wildman–Crippen MR) is 135 cm³/mol. The zero-order chi connectivity index (χ0) is 23.7. The smallest absolute Gasteiger partial charge is 0.141 e. The zero-order valence-corrected chi connectivity index (χ0v) is 19.1. The molecule has 0 atom stereocenters. The van der Waals surface area contributed by atoms with Gasteiger partial charge in [0.05, 0.1) is 24.5 Å². The molecule has 0 saturated heterocycles. The van der Waals surface area contributed by atoms with Crippen LogP contribution in [0, 0.1) is 0 Å². The van der Waals surface area contributed by atoms with Gasteiger partial charge in [-0.3, -0.25) is 15.0 Å². The van der Waals surface area contributed by atoms with Crippen LogP contribution in [0.5, 0.6) is 11.5 Å². The number of anilines is 2. The molecule has 0 saturated carbocycles. The van der Waals surface area contributed by atoms with Crippen LogP contribution in [0.3, 0.4) is 0 Å². The summed E-state index contributed by atoms with van der Waals surface area (Å²) in [5, 5.41) is 22.1. The van der Waals surface area contributed by atoms with Crippen LogP contribution < -0.4 is 9.80 Å². The highest BCUT2D eigenvalue weighted by molar-refractivity contribution is 5.96. The normalized spacial score (nSPS) is 11.1. The molecule has 2 aromatic carbocycles. The van der Waals surface area contributed by atoms with E-state index in [1.54, 1.807) is 24.5 Å². The summed E-state index contributed by atoms with van der Waals surface area (Å²) in [6, 6.07) is 20.9. The topological polar surface area (TPSA) is 85.6 Å². The lowest BCUT2D eigenvalue weighted by molar-refractivity contribution is 0.480. The molecule has 7 heteroatoms. The van der Waals surface area contributed by atoms with Crippen molar-refractivity contribution in [1.29, 1.82) is 0 Å². The van der Waals surface area contributed by atoms with Gasteiger partial charge >= 0.3 is 0 Å². The molecule has 0 radical (unpaired) electrons. The number of phenolic OH excluding ortho intramolecular Hbond substituents is 2. The van der Waals surface area contributed by atoms with E-state index in [9.17, 15) is 10.2 Å². The summed E-state index contributed by atoms with van der Waals surface area (Å²) in [7, 11) is 4.02. The van der Waals surface area contributed by atoms with Gasteiger partial charge < -0.3 is 20.0 Å². The van der Waals surface area contributed by atoms with Crippen molar-refractivity contribution in [2.45, 2.75) is 13.1 Å². The highest BCUT2D eigenvalue weighted by Gasteiger charge is 2.13. The minimum absolute atomic E-state index is 0.174. The number of aromatic hydroxyl groups is 2. The second kappa shape index (κ2) is 8.86. The van der Waals surface area contributed by atoms with Crippen LogP contribution in [0.2, 0.25) is 0 Å². The molecule has 3 aromatic heterocycles. The van der Waals surface area contributed by atoms with Gasteiger partial charge in [-0.15, -0.1) is 0 Å². The van der Waals surface area contributed by atoms with E-state index in [1.165, 1.54) is 0 Å². The number of hydrogen-bond acceptors (Lipinski definition) is 7. The number of phenols is 2. The summed E-state index contributed by atoms with van der Waals surface area (Å²) < 4.78 is 0. The molecule has 170 valence electrons. The Morgan fingerprint density at radius 2 is 1.09 bits per heavy atom. The first-order valence-electron chi connectivity index (χ1n) is 11.0. The number of nitrogens with zero attached hydrogens (tertiary/aromatic N) is 5. The Morgan fingerprint density at radius 3 is 1.56 bits per heavy atom. The van der Waals surface area contributed by atoms with Gasteiger partial charge in [0, 0.05) is 48.6 Å². The van der Waals surface area contributed by atoms with E-state index in [2.05, 4.69) is 19.8 Å². The number of benzene rings is 2. The molecule has 0 aliphatic carbocycles. The van der Waals surface area contributed by atoms with Crippen LogP contribution in [0.15, 0.2) is 79.1 Å². The molecule has 0 aliphatic rings. The van der Waals surface area contributed by atoms with Crippen molar-refractivity contribution in [3.05, 3.63) is 90.5 Å². The Bertz CT molecular complexity index is 1380. The Morgan fingerprint density at radius 1 is 0.618 bits per heavy atom. The first-order valence-corrected chi connectivity index (χ1v) is 11.0. The monoisotopic (exact) mass is 451 g/mol. The molecule has 0 bridgehead atoms.